The lowest BCUT2D eigenvalue weighted by atomic mass is 9.84. The van der Waals surface area contributed by atoms with Gasteiger partial charge < -0.3 is 5.32 Å². The SMILES string of the molecule is CCC1CCC(NCc2ccccc2-n2cccn2)CC1. The molecule has 1 aliphatic carbocycles. The highest BCUT2D eigenvalue weighted by Gasteiger charge is 2.19. The molecule has 1 aromatic carbocycles. The van der Waals surface area contributed by atoms with Crippen LogP contribution in [0.5, 0.6) is 0 Å². The van der Waals surface area contributed by atoms with E-state index in [1.807, 2.05) is 23.1 Å². The zero-order valence-electron chi connectivity index (χ0n) is 12.8. The first-order valence-electron chi connectivity index (χ1n) is 8.18. The van der Waals surface area contributed by atoms with Crippen LogP contribution in [-0.4, -0.2) is 15.8 Å². The third kappa shape index (κ3) is 3.53. The number of hydrogen-bond acceptors (Lipinski definition) is 2. The van der Waals surface area contributed by atoms with E-state index in [1.165, 1.54) is 43.4 Å². The Hall–Kier alpha value is -1.61. The molecule has 1 N–H and O–H groups in total. The van der Waals surface area contributed by atoms with Gasteiger partial charge in [0.1, 0.15) is 0 Å². The summed E-state index contributed by atoms with van der Waals surface area (Å²) in [6.45, 7) is 3.25. The summed E-state index contributed by atoms with van der Waals surface area (Å²) in [4.78, 5) is 0. The fourth-order valence-electron chi connectivity index (χ4n) is 3.32. The smallest absolute Gasteiger partial charge is 0.0690 e. The molecule has 1 aliphatic rings. The zero-order valence-corrected chi connectivity index (χ0v) is 12.8. The van der Waals surface area contributed by atoms with E-state index in [1.54, 1.807) is 0 Å². The first kappa shape index (κ1) is 14.3. The van der Waals surface area contributed by atoms with Gasteiger partial charge in [-0.1, -0.05) is 31.5 Å². The van der Waals surface area contributed by atoms with Gasteiger partial charge in [-0.3, -0.25) is 0 Å². The molecule has 1 saturated carbocycles. The average molecular weight is 283 g/mol. The van der Waals surface area contributed by atoms with E-state index in [0.717, 1.165) is 12.5 Å². The topological polar surface area (TPSA) is 29.9 Å². The molecule has 0 amide bonds. The molecule has 3 nitrogen and oxygen atoms in total. The van der Waals surface area contributed by atoms with E-state index in [9.17, 15) is 0 Å². The van der Waals surface area contributed by atoms with Crippen LogP contribution in [0.25, 0.3) is 5.69 Å². The molecule has 0 bridgehead atoms. The van der Waals surface area contributed by atoms with Crippen LogP contribution in [0, 0.1) is 5.92 Å². The maximum Gasteiger partial charge on any atom is 0.0690 e. The van der Waals surface area contributed by atoms with E-state index in [4.69, 9.17) is 0 Å². The molecule has 0 unspecified atom stereocenters. The number of aromatic nitrogens is 2. The van der Waals surface area contributed by atoms with Crippen molar-refractivity contribution >= 4 is 0 Å². The van der Waals surface area contributed by atoms with Crippen LogP contribution in [0.4, 0.5) is 0 Å². The van der Waals surface area contributed by atoms with Crippen molar-refractivity contribution in [2.75, 3.05) is 0 Å². The summed E-state index contributed by atoms with van der Waals surface area (Å²) in [6, 6.07) is 11.2. The lowest BCUT2D eigenvalue weighted by Gasteiger charge is -2.28. The minimum Gasteiger partial charge on any atom is -0.310 e. The van der Waals surface area contributed by atoms with Crippen LogP contribution < -0.4 is 5.32 Å². The van der Waals surface area contributed by atoms with Gasteiger partial charge in [-0.25, -0.2) is 4.68 Å². The normalized spacial score (nSPS) is 22.3. The van der Waals surface area contributed by atoms with E-state index < -0.39 is 0 Å². The van der Waals surface area contributed by atoms with Crippen molar-refractivity contribution in [2.45, 2.75) is 51.6 Å². The highest BCUT2D eigenvalue weighted by molar-refractivity contribution is 5.40. The summed E-state index contributed by atoms with van der Waals surface area (Å²) < 4.78 is 1.95. The zero-order chi connectivity index (χ0) is 14.5. The van der Waals surface area contributed by atoms with Crippen LogP contribution in [0.2, 0.25) is 0 Å². The molecule has 0 saturated heterocycles. The van der Waals surface area contributed by atoms with Gasteiger partial charge in [0.15, 0.2) is 0 Å². The van der Waals surface area contributed by atoms with Gasteiger partial charge in [0.2, 0.25) is 0 Å². The summed E-state index contributed by atoms with van der Waals surface area (Å²) in [5.41, 5.74) is 2.50. The van der Waals surface area contributed by atoms with Crippen molar-refractivity contribution in [3.05, 3.63) is 48.3 Å². The van der Waals surface area contributed by atoms with Crippen molar-refractivity contribution in [3.8, 4) is 5.69 Å². The summed E-state index contributed by atoms with van der Waals surface area (Å²) in [7, 11) is 0. The predicted octanol–water partition coefficient (Wildman–Crippen LogP) is 3.93. The van der Waals surface area contributed by atoms with E-state index in [0.29, 0.717) is 6.04 Å². The second-order valence-corrected chi connectivity index (χ2v) is 6.09. The molecular formula is C18H25N3. The Balaban J connectivity index is 1.61. The monoisotopic (exact) mass is 283 g/mol. The second-order valence-electron chi connectivity index (χ2n) is 6.09. The van der Waals surface area contributed by atoms with Crippen molar-refractivity contribution < 1.29 is 0 Å². The molecule has 112 valence electrons. The predicted molar refractivity (Wildman–Crippen MR) is 86.4 cm³/mol. The van der Waals surface area contributed by atoms with Crippen LogP contribution in [0.3, 0.4) is 0 Å². The standard InChI is InChI=1S/C18H25N3/c1-2-15-8-10-17(11-9-15)19-14-16-6-3-4-7-18(16)21-13-5-12-20-21/h3-7,12-13,15,17,19H,2,8-11,14H2,1H3. The summed E-state index contributed by atoms with van der Waals surface area (Å²) in [6.07, 6.45) is 10.6. The van der Waals surface area contributed by atoms with Crippen molar-refractivity contribution in [3.63, 3.8) is 0 Å². The molecule has 3 heteroatoms. The quantitative estimate of drug-likeness (QED) is 0.901. The molecule has 1 heterocycles. The Bertz CT molecular complexity index is 539. The number of hydrogen-bond donors (Lipinski definition) is 1. The number of nitrogens with one attached hydrogen (secondary N) is 1. The molecule has 0 atom stereocenters. The molecule has 3 rings (SSSR count). The van der Waals surface area contributed by atoms with Crippen LogP contribution in [-0.2, 0) is 6.54 Å². The molecule has 1 aromatic heterocycles. The number of benzene rings is 1. The number of rotatable bonds is 5. The van der Waals surface area contributed by atoms with E-state index >= 15 is 0 Å². The van der Waals surface area contributed by atoms with Gasteiger partial charge in [-0.2, -0.15) is 5.10 Å². The fourth-order valence-corrected chi connectivity index (χ4v) is 3.32. The third-order valence-electron chi connectivity index (χ3n) is 4.75. The van der Waals surface area contributed by atoms with Crippen molar-refractivity contribution in [1.29, 1.82) is 0 Å². The van der Waals surface area contributed by atoms with Gasteiger partial charge in [0, 0.05) is 25.0 Å². The highest BCUT2D eigenvalue weighted by Crippen LogP contribution is 2.26. The van der Waals surface area contributed by atoms with E-state index in [2.05, 4.69) is 41.6 Å². The second kappa shape index (κ2) is 6.90. The molecule has 1 fully saturated rings. The molecular weight excluding hydrogens is 258 g/mol. The maximum absolute atomic E-state index is 4.35. The van der Waals surface area contributed by atoms with Gasteiger partial charge in [-0.05, 0) is 49.3 Å². The Morgan fingerprint density at radius 3 is 2.67 bits per heavy atom. The molecule has 0 radical (unpaired) electrons. The summed E-state index contributed by atoms with van der Waals surface area (Å²) in [5, 5.41) is 8.10. The lowest BCUT2D eigenvalue weighted by Crippen LogP contribution is -2.32. The number of para-hydroxylation sites is 1. The average Bonchev–Trinajstić information content (AvgIpc) is 3.08. The van der Waals surface area contributed by atoms with E-state index in [-0.39, 0.29) is 0 Å². The minimum atomic E-state index is 0.679. The van der Waals surface area contributed by atoms with Gasteiger partial charge in [-0.15, -0.1) is 0 Å². The maximum atomic E-state index is 4.35. The third-order valence-corrected chi connectivity index (χ3v) is 4.75. The largest absolute Gasteiger partial charge is 0.310 e. The molecule has 0 aliphatic heterocycles. The van der Waals surface area contributed by atoms with Crippen LogP contribution >= 0.6 is 0 Å². The highest BCUT2D eigenvalue weighted by atomic mass is 15.3. The van der Waals surface area contributed by atoms with Crippen LogP contribution in [0.15, 0.2) is 42.7 Å². The van der Waals surface area contributed by atoms with Gasteiger partial charge >= 0.3 is 0 Å². The van der Waals surface area contributed by atoms with Gasteiger partial charge in [0.25, 0.3) is 0 Å². The lowest BCUT2D eigenvalue weighted by molar-refractivity contribution is 0.285. The number of nitrogens with zero attached hydrogens (tertiary/aromatic N) is 2. The molecule has 2 aromatic rings. The van der Waals surface area contributed by atoms with Crippen LogP contribution in [0.1, 0.15) is 44.6 Å². The minimum absolute atomic E-state index is 0.679. The first-order valence-corrected chi connectivity index (χ1v) is 8.18. The Kier molecular flexibility index (Phi) is 4.71. The first-order chi connectivity index (χ1) is 10.4. The summed E-state index contributed by atoms with van der Waals surface area (Å²) in [5.74, 6) is 0.958. The van der Waals surface area contributed by atoms with Crippen molar-refractivity contribution in [2.24, 2.45) is 5.92 Å². The fraction of sp³-hybridized carbons (Fsp3) is 0.500. The molecule has 0 spiro atoms. The Labute approximate surface area is 127 Å². The van der Waals surface area contributed by atoms with Crippen molar-refractivity contribution in [1.82, 2.24) is 15.1 Å². The van der Waals surface area contributed by atoms with Gasteiger partial charge in [0.05, 0.1) is 5.69 Å². The summed E-state index contributed by atoms with van der Waals surface area (Å²) >= 11 is 0. The molecule has 21 heavy (non-hydrogen) atoms. The Morgan fingerprint density at radius 1 is 1.14 bits per heavy atom. The Morgan fingerprint density at radius 2 is 1.95 bits per heavy atom.